The molecule has 0 spiro atoms. The van der Waals surface area contributed by atoms with Crippen LogP contribution in [0.3, 0.4) is 0 Å². The Hall–Kier alpha value is -3.36. The lowest BCUT2D eigenvalue weighted by Gasteiger charge is -2.14. The molecule has 0 aromatic heterocycles. The van der Waals surface area contributed by atoms with Crippen LogP contribution in [0.15, 0.2) is 60.7 Å². The van der Waals surface area contributed by atoms with E-state index in [9.17, 15) is 5.11 Å². The number of thioether (sulfide) groups is 1. The number of benzene rings is 3. The summed E-state index contributed by atoms with van der Waals surface area (Å²) in [6, 6.07) is 17.8. The van der Waals surface area contributed by atoms with E-state index in [1.807, 2.05) is 48.6 Å². The van der Waals surface area contributed by atoms with Gasteiger partial charge in [0.1, 0.15) is 0 Å². The van der Waals surface area contributed by atoms with Crippen molar-refractivity contribution >= 4 is 35.0 Å². The van der Waals surface area contributed by atoms with Gasteiger partial charge < -0.3 is 29.4 Å². The Labute approximate surface area is 222 Å². The molecule has 0 radical (unpaired) electrons. The fourth-order valence-corrected chi connectivity index (χ4v) is 4.67. The van der Waals surface area contributed by atoms with Crippen LogP contribution in [0.4, 0.5) is 0 Å². The first-order valence-electron chi connectivity index (χ1n) is 11.2. The fraction of sp³-hybridized carbons (Fsp3) is 0.250. The van der Waals surface area contributed by atoms with E-state index >= 15 is 0 Å². The lowest BCUT2D eigenvalue weighted by atomic mass is 10.1. The Bertz CT molecular complexity index is 1170. The molecular formula is C28H31NO5S2. The molecule has 190 valence electrons. The highest BCUT2D eigenvalue weighted by Gasteiger charge is 2.13. The van der Waals surface area contributed by atoms with Crippen molar-refractivity contribution in [3.05, 3.63) is 82.9 Å². The minimum Gasteiger partial charge on any atom is -0.504 e. The van der Waals surface area contributed by atoms with Crippen LogP contribution in [0.1, 0.15) is 22.3 Å². The Morgan fingerprint density at radius 1 is 0.861 bits per heavy atom. The molecule has 0 aliphatic carbocycles. The molecule has 0 aliphatic rings. The second kappa shape index (κ2) is 13.7. The molecule has 2 N–H and O–H groups in total. The number of hydrogen-bond acceptors (Lipinski definition) is 7. The van der Waals surface area contributed by atoms with Gasteiger partial charge in [-0.3, -0.25) is 0 Å². The third-order valence-corrected chi connectivity index (χ3v) is 6.72. The molecular weight excluding hydrogens is 494 g/mol. The van der Waals surface area contributed by atoms with Crippen molar-refractivity contribution in [2.24, 2.45) is 0 Å². The molecule has 0 aliphatic heterocycles. The lowest BCUT2D eigenvalue weighted by Crippen LogP contribution is -2.18. The second-order valence-corrected chi connectivity index (χ2v) is 9.22. The van der Waals surface area contributed by atoms with Gasteiger partial charge in [0.05, 0.1) is 33.4 Å². The normalized spacial score (nSPS) is 10.8. The number of phenolic OH excluding ortho intramolecular Hbond substituents is 1. The van der Waals surface area contributed by atoms with E-state index in [0.717, 1.165) is 22.4 Å². The molecule has 36 heavy (non-hydrogen) atoms. The zero-order chi connectivity index (χ0) is 25.9. The van der Waals surface area contributed by atoms with E-state index in [0.29, 0.717) is 40.3 Å². The molecule has 0 fully saturated rings. The SMILES string of the molecule is COc1cc(/C=C/C(=S)NCc2cc(OC)c(OC)c(OC)c2)cc(CSCc2ccccc2)c1O. The number of thiocarbonyl (C=S) groups is 1. The van der Waals surface area contributed by atoms with Crippen molar-refractivity contribution in [3.63, 3.8) is 0 Å². The number of nitrogens with one attached hydrogen (secondary N) is 1. The minimum absolute atomic E-state index is 0.165. The highest BCUT2D eigenvalue weighted by Crippen LogP contribution is 2.38. The maximum atomic E-state index is 10.6. The van der Waals surface area contributed by atoms with Gasteiger partial charge in [0.15, 0.2) is 23.0 Å². The van der Waals surface area contributed by atoms with Gasteiger partial charge in [-0.1, -0.05) is 48.6 Å². The maximum Gasteiger partial charge on any atom is 0.203 e. The first kappa shape index (κ1) is 27.2. The molecule has 0 saturated carbocycles. The predicted octanol–water partition coefficient (Wildman–Crippen LogP) is 5.99. The third-order valence-electron chi connectivity index (χ3n) is 5.38. The van der Waals surface area contributed by atoms with Gasteiger partial charge in [0.2, 0.25) is 5.75 Å². The van der Waals surface area contributed by atoms with E-state index in [-0.39, 0.29) is 5.75 Å². The summed E-state index contributed by atoms with van der Waals surface area (Å²) in [7, 11) is 6.29. The second-order valence-electron chi connectivity index (χ2n) is 7.79. The Kier molecular flexibility index (Phi) is 10.3. The maximum absolute atomic E-state index is 10.6. The molecule has 0 atom stereocenters. The van der Waals surface area contributed by atoms with Crippen LogP contribution < -0.4 is 24.3 Å². The van der Waals surface area contributed by atoms with E-state index in [2.05, 4.69) is 17.4 Å². The largest absolute Gasteiger partial charge is 0.504 e. The molecule has 0 amide bonds. The summed E-state index contributed by atoms with van der Waals surface area (Å²) in [5, 5.41) is 13.8. The Morgan fingerprint density at radius 2 is 1.53 bits per heavy atom. The first-order valence-corrected chi connectivity index (χ1v) is 12.8. The zero-order valence-electron chi connectivity index (χ0n) is 20.9. The van der Waals surface area contributed by atoms with E-state index in [1.54, 1.807) is 46.3 Å². The van der Waals surface area contributed by atoms with Crippen molar-refractivity contribution in [3.8, 4) is 28.7 Å². The van der Waals surface area contributed by atoms with Gasteiger partial charge in [0.25, 0.3) is 0 Å². The summed E-state index contributed by atoms with van der Waals surface area (Å²) in [5.74, 6) is 3.83. The number of hydrogen-bond donors (Lipinski definition) is 2. The van der Waals surface area contributed by atoms with Crippen LogP contribution in [0, 0.1) is 0 Å². The van der Waals surface area contributed by atoms with E-state index < -0.39 is 0 Å². The van der Waals surface area contributed by atoms with Gasteiger partial charge in [-0.05, 0) is 47.0 Å². The van der Waals surface area contributed by atoms with Crippen LogP contribution >= 0.6 is 24.0 Å². The topological polar surface area (TPSA) is 69.2 Å². The quantitative estimate of drug-likeness (QED) is 0.221. The van der Waals surface area contributed by atoms with Crippen molar-refractivity contribution in [2.45, 2.75) is 18.1 Å². The minimum atomic E-state index is 0.165. The summed E-state index contributed by atoms with van der Waals surface area (Å²) in [6.07, 6.45) is 3.72. The molecule has 0 bridgehead atoms. The van der Waals surface area contributed by atoms with Crippen LogP contribution in [0.2, 0.25) is 0 Å². The number of aromatic hydroxyl groups is 1. The molecule has 0 heterocycles. The lowest BCUT2D eigenvalue weighted by molar-refractivity contribution is 0.323. The number of rotatable bonds is 12. The van der Waals surface area contributed by atoms with E-state index in [1.165, 1.54) is 5.56 Å². The molecule has 3 aromatic rings. The average molecular weight is 526 g/mol. The molecule has 3 aromatic carbocycles. The smallest absolute Gasteiger partial charge is 0.203 e. The zero-order valence-corrected chi connectivity index (χ0v) is 22.5. The first-order chi connectivity index (χ1) is 17.5. The van der Waals surface area contributed by atoms with Gasteiger partial charge in [-0.25, -0.2) is 0 Å². The molecule has 0 saturated heterocycles. The number of methoxy groups -OCH3 is 4. The fourth-order valence-electron chi connectivity index (χ4n) is 3.56. The number of phenols is 1. The van der Waals surface area contributed by atoms with Crippen LogP contribution in [-0.2, 0) is 18.1 Å². The van der Waals surface area contributed by atoms with Gasteiger partial charge in [-0.15, -0.1) is 0 Å². The monoisotopic (exact) mass is 525 g/mol. The molecule has 6 nitrogen and oxygen atoms in total. The molecule has 0 unspecified atom stereocenters. The van der Waals surface area contributed by atoms with Crippen LogP contribution in [0.25, 0.3) is 6.08 Å². The van der Waals surface area contributed by atoms with Gasteiger partial charge in [-0.2, -0.15) is 11.8 Å². The third kappa shape index (κ3) is 7.32. The highest BCUT2D eigenvalue weighted by atomic mass is 32.2. The summed E-state index contributed by atoms with van der Waals surface area (Å²) in [4.78, 5) is 0.566. The summed E-state index contributed by atoms with van der Waals surface area (Å²) < 4.78 is 21.6. The van der Waals surface area contributed by atoms with Crippen molar-refractivity contribution in [1.29, 1.82) is 0 Å². The van der Waals surface area contributed by atoms with Gasteiger partial charge >= 0.3 is 0 Å². The summed E-state index contributed by atoms with van der Waals surface area (Å²) >= 11 is 7.23. The number of ether oxygens (including phenoxy) is 4. The molecule has 3 rings (SSSR count). The highest BCUT2D eigenvalue weighted by molar-refractivity contribution is 7.97. The van der Waals surface area contributed by atoms with Crippen molar-refractivity contribution in [2.75, 3.05) is 28.4 Å². The van der Waals surface area contributed by atoms with Gasteiger partial charge in [0, 0.05) is 23.6 Å². The Morgan fingerprint density at radius 3 is 2.14 bits per heavy atom. The van der Waals surface area contributed by atoms with Crippen molar-refractivity contribution in [1.82, 2.24) is 5.32 Å². The Balaban J connectivity index is 1.66. The standard InChI is InChI=1S/C28H31NO5S2/c1-31-23-13-20(12-22(27(23)30)18-36-17-19-8-6-5-7-9-19)10-11-26(35)29-16-21-14-24(32-2)28(34-4)25(15-21)33-3/h5-15,30H,16-18H2,1-4H3,(H,29,35)/b11-10+. The van der Waals surface area contributed by atoms with E-state index in [4.69, 9.17) is 31.2 Å². The molecule has 8 heteroatoms. The summed E-state index contributed by atoms with van der Waals surface area (Å²) in [6.45, 7) is 0.486. The predicted molar refractivity (Wildman–Crippen MR) is 151 cm³/mol. The van der Waals surface area contributed by atoms with Crippen molar-refractivity contribution < 1.29 is 24.1 Å². The summed E-state index contributed by atoms with van der Waals surface area (Å²) in [5.41, 5.74) is 3.88. The average Bonchev–Trinajstić information content (AvgIpc) is 2.91. The van der Waals surface area contributed by atoms with Crippen LogP contribution in [-0.4, -0.2) is 38.5 Å². The van der Waals surface area contributed by atoms with Crippen LogP contribution in [0.5, 0.6) is 28.7 Å².